The Morgan fingerprint density at radius 3 is 2.39 bits per heavy atom. The van der Waals surface area contributed by atoms with Crippen molar-refractivity contribution < 1.29 is 18.0 Å². The van der Waals surface area contributed by atoms with E-state index < -0.39 is 23.3 Å². The van der Waals surface area contributed by atoms with Gasteiger partial charge in [-0.15, -0.1) is 12.4 Å². The van der Waals surface area contributed by atoms with E-state index in [-0.39, 0.29) is 18.1 Å². The van der Waals surface area contributed by atoms with Gasteiger partial charge in [0.25, 0.3) is 5.91 Å². The third-order valence-electron chi connectivity index (χ3n) is 4.88. The van der Waals surface area contributed by atoms with E-state index in [2.05, 4.69) is 25.5 Å². The smallest absolute Gasteiger partial charge is 0.354 e. The van der Waals surface area contributed by atoms with Crippen LogP contribution in [0.4, 0.5) is 24.7 Å². The van der Waals surface area contributed by atoms with Gasteiger partial charge < -0.3 is 20.5 Å². The number of piperazine rings is 1. The molecule has 1 saturated heterocycles. The van der Waals surface area contributed by atoms with Gasteiger partial charge in [0.1, 0.15) is 11.5 Å². The first-order valence-corrected chi connectivity index (χ1v) is 9.50. The fourth-order valence-electron chi connectivity index (χ4n) is 3.37. The number of hydrogen-bond donors (Lipinski definition) is 3. The second-order valence-electron chi connectivity index (χ2n) is 6.93. The number of H-pyrrole nitrogens is 1. The Morgan fingerprint density at radius 1 is 1.06 bits per heavy atom. The van der Waals surface area contributed by atoms with E-state index in [1.165, 1.54) is 6.20 Å². The van der Waals surface area contributed by atoms with Gasteiger partial charge in [0.2, 0.25) is 0 Å². The number of pyridine rings is 1. The molecule has 1 aliphatic rings. The number of alkyl halides is 3. The summed E-state index contributed by atoms with van der Waals surface area (Å²) in [7, 11) is 0. The van der Waals surface area contributed by atoms with Crippen molar-refractivity contribution in [2.24, 2.45) is 0 Å². The van der Waals surface area contributed by atoms with Gasteiger partial charge in [0, 0.05) is 31.9 Å². The maximum atomic E-state index is 13.5. The second-order valence-corrected chi connectivity index (χ2v) is 6.93. The molecular weight excluding hydrogens is 431 g/mol. The van der Waals surface area contributed by atoms with Crippen molar-refractivity contribution in [2.75, 3.05) is 36.4 Å². The molecular formula is C21H21ClF3N5O. The van der Waals surface area contributed by atoms with Gasteiger partial charge in [-0.25, -0.2) is 4.98 Å². The van der Waals surface area contributed by atoms with E-state index in [1.807, 2.05) is 0 Å². The summed E-state index contributed by atoms with van der Waals surface area (Å²) >= 11 is 0. The van der Waals surface area contributed by atoms with Crippen molar-refractivity contribution in [2.45, 2.75) is 6.18 Å². The van der Waals surface area contributed by atoms with Gasteiger partial charge in [0.05, 0.1) is 17.4 Å². The molecule has 0 atom stereocenters. The van der Waals surface area contributed by atoms with Crippen LogP contribution in [0.2, 0.25) is 0 Å². The van der Waals surface area contributed by atoms with Crippen LogP contribution < -0.4 is 15.5 Å². The quantitative estimate of drug-likeness (QED) is 0.556. The van der Waals surface area contributed by atoms with Gasteiger partial charge in [0.15, 0.2) is 0 Å². The molecule has 4 rings (SSSR count). The van der Waals surface area contributed by atoms with Crippen LogP contribution in [0.1, 0.15) is 16.1 Å². The summed E-state index contributed by atoms with van der Waals surface area (Å²) in [6.45, 7) is 3.35. The summed E-state index contributed by atoms with van der Waals surface area (Å²) in [4.78, 5) is 21.7. The van der Waals surface area contributed by atoms with Crippen LogP contribution in [0.15, 0.2) is 54.7 Å². The zero-order valence-electron chi connectivity index (χ0n) is 16.4. The highest BCUT2D eigenvalue weighted by molar-refractivity contribution is 6.04. The number of hydrogen-bond acceptors (Lipinski definition) is 4. The van der Waals surface area contributed by atoms with E-state index in [0.29, 0.717) is 11.3 Å². The summed E-state index contributed by atoms with van der Waals surface area (Å²) in [6.07, 6.45) is -3.22. The molecule has 3 aromatic rings. The normalized spacial score (nSPS) is 14.1. The van der Waals surface area contributed by atoms with Crippen molar-refractivity contribution in [3.05, 3.63) is 66.0 Å². The number of nitrogens with one attached hydrogen (secondary N) is 3. The molecule has 0 unspecified atom stereocenters. The molecule has 2 aromatic heterocycles. The largest absolute Gasteiger partial charge is 0.418 e. The molecule has 6 nitrogen and oxygen atoms in total. The summed E-state index contributed by atoms with van der Waals surface area (Å²) in [5.74, 6) is -0.113. The third kappa shape index (κ3) is 5.18. The molecule has 164 valence electrons. The molecule has 0 spiro atoms. The molecule has 3 N–H and O–H groups in total. The lowest BCUT2D eigenvalue weighted by atomic mass is 10.1. The Kier molecular flexibility index (Phi) is 6.87. The topological polar surface area (TPSA) is 73.1 Å². The number of aromatic nitrogens is 2. The minimum Gasteiger partial charge on any atom is -0.354 e. The highest BCUT2D eigenvalue weighted by Crippen LogP contribution is 2.35. The van der Waals surface area contributed by atoms with Crippen molar-refractivity contribution in [3.8, 4) is 11.3 Å². The van der Waals surface area contributed by atoms with E-state index in [4.69, 9.17) is 0 Å². The zero-order chi connectivity index (χ0) is 21.1. The first-order valence-electron chi connectivity index (χ1n) is 9.50. The van der Waals surface area contributed by atoms with Crippen molar-refractivity contribution in [1.29, 1.82) is 0 Å². The van der Waals surface area contributed by atoms with Crippen molar-refractivity contribution in [3.63, 3.8) is 0 Å². The van der Waals surface area contributed by atoms with Gasteiger partial charge in [-0.2, -0.15) is 13.2 Å². The second kappa shape index (κ2) is 9.40. The molecule has 10 heteroatoms. The Balaban J connectivity index is 0.00000272. The first-order chi connectivity index (χ1) is 14.4. The standard InChI is InChI=1S/C21H20F3N5O.ClH/c22-21(23,24)16-12-17(14-4-2-1-3-5-14)28-19(16)20(30)27-15-6-7-18(26-13-15)29-10-8-25-9-11-29;/h1-7,12-13,25,28H,8-11H2,(H,27,30);1H. The summed E-state index contributed by atoms with van der Waals surface area (Å²) < 4.78 is 40.5. The van der Waals surface area contributed by atoms with Crippen LogP contribution >= 0.6 is 12.4 Å². The number of halogens is 4. The minimum atomic E-state index is -4.67. The van der Waals surface area contributed by atoms with E-state index >= 15 is 0 Å². The summed E-state index contributed by atoms with van der Waals surface area (Å²) in [6, 6.07) is 12.9. The number of amides is 1. The molecule has 1 fully saturated rings. The monoisotopic (exact) mass is 451 g/mol. The minimum absolute atomic E-state index is 0. The molecule has 0 bridgehead atoms. The number of carbonyl (C=O) groups is 1. The van der Waals surface area contributed by atoms with Crippen molar-refractivity contribution >= 4 is 29.8 Å². The van der Waals surface area contributed by atoms with E-state index in [0.717, 1.165) is 38.1 Å². The zero-order valence-corrected chi connectivity index (χ0v) is 17.2. The Labute approximate surface area is 183 Å². The van der Waals surface area contributed by atoms with Crippen LogP contribution in [0.5, 0.6) is 0 Å². The molecule has 0 radical (unpaired) electrons. The Hall–Kier alpha value is -3.04. The van der Waals surface area contributed by atoms with Crippen LogP contribution in [-0.4, -0.2) is 42.1 Å². The molecule has 1 aliphatic heterocycles. The fourth-order valence-corrected chi connectivity index (χ4v) is 3.37. The average molecular weight is 452 g/mol. The van der Waals surface area contributed by atoms with Gasteiger partial charge >= 0.3 is 6.18 Å². The van der Waals surface area contributed by atoms with E-state index in [9.17, 15) is 18.0 Å². The number of nitrogens with zero attached hydrogens (tertiary/aromatic N) is 2. The summed E-state index contributed by atoms with van der Waals surface area (Å²) in [5, 5.41) is 5.75. The molecule has 1 aromatic carbocycles. The van der Waals surface area contributed by atoms with Crippen LogP contribution in [0.3, 0.4) is 0 Å². The number of aromatic amines is 1. The third-order valence-corrected chi connectivity index (χ3v) is 4.88. The SMILES string of the molecule is Cl.O=C(Nc1ccc(N2CCNCC2)nc1)c1[nH]c(-c2ccccc2)cc1C(F)(F)F. The Bertz CT molecular complexity index is 1020. The van der Waals surface area contributed by atoms with Gasteiger partial charge in [-0.05, 0) is 23.8 Å². The van der Waals surface area contributed by atoms with Crippen molar-refractivity contribution in [1.82, 2.24) is 15.3 Å². The molecule has 0 aliphatic carbocycles. The van der Waals surface area contributed by atoms with Crippen LogP contribution in [0.25, 0.3) is 11.3 Å². The lowest BCUT2D eigenvalue weighted by Crippen LogP contribution is -2.43. The number of carbonyl (C=O) groups excluding carboxylic acids is 1. The number of rotatable bonds is 4. The highest BCUT2D eigenvalue weighted by atomic mass is 35.5. The number of anilines is 2. The average Bonchev–Trinajstić information content (AvgIpc) is 3.22. The Morgan fingerprint density at radius 2 is 1.77 bits per heavy atom. The van der Waals surface area contributed by atoms with Gasteiger partial charge in [-0.1, -0.05) is 30.3 Å². The molecule has 3 heterocycles. The molecule has 0 saturated carbocycles. The first kappa shape index (κ1) is 22.6. The summed E-state index contributed by atoms with van der Waals surface area (Å²) in [5.41, 5.74) is -0.441. The van der Waals surface area contributed by atoms with Crippen LogP contribution in [-0.2, 0) is 6.18 Å². The maximum Gasteiger partial charge on any atom is 0.418 e. The fraction of sp³-hybridized carbons (Fsp3) is 0.238. The highest BCUT2D eigenvalue weighted by Gasteiger charge is 2.37. The maximum absolute atomic E-state index is 13.5. The van der Waals surface area contributed by atoms with E-state index in [1.54, 1.807) is 42.5 Å². The van der Waals surface area contributed by atoms with Gasteiger partial charge in [-0.3, -0.25) is 4.79 Å². The predicted molar refractivity (Wildman–Crippen MR) is 116 cm³/mol. The predicted octanol–water partition coefficient (Wildman–Crippen LogP) is 4.18. The number of benzene rings is 1. The molecule has 31 heavy (non-hydrogen) atoms. The lowest BCUT2D eigenvalue weighted by Gasteiger charge is -2.28. The van der Waals surface area contributed by atoms with Crippen LogP contribution in [0, 0.1) is 0 Å². The molecule has 1 amide bonds. The lowest BCUT2D eigenvalue weighted by molar-refractivity contribution is -0.137.